The van der Waals surface area contributed by atoms with Gasteiger partial charge in [0.25, 0.3) is 0 Å². The van der Waals surface area contributed by atoms with Gasteiger partial charge in [-0.3, -0.25) is 0 Å². The van der Waals surface area contributed by atoms with E-state index in [4.69, 9.17) is 0 Å². The summed E-state index contributed by atoms with van der Waals surface area (Å²) in [5.74, 6) is 0. The van der Waals surface area contributed by atoms with E-state index in [1.54, 1.807) is 0 Å². The first-order chi connectivity index (χ1) is 24.8. The molecule has 0 saturated carbocycles. The SMILES string of the molecule is c1ccc([P+](Cc2ccc(C[P+](c3ccccc3)(c3ccccc3)c3ccccc3)c3ccccc23)(c2ccccc2)c2ccccc2)cc1. The molecule has 0 aliphatic heterocycles. The fourth-order valence-corrected chi connectivity index (χ4v) is 16.3. The van der Waals surface area contributed by atoms with Gasteiger partial charge >= 0.3 is 0 Å². The molecule has 0 unspecified atom stereocenters. The molecule has 0 atom stereocenters. The number of rotatable bonds is 10. The van der Waals surface area contributed by atoms with Crippen molar-refractivity contribution < 1.29 is 0 Å². The van der Waals surface area contributed by atoms with E-state index < -0.39 is 14.5 Å². The Morgan fingerprint density at radius 1 is 0.220 bits per heavy atom. The lowest BCUT2D eigenvalue weighted by molar-refractivity contribution is 1.37. The molecular weight excluding hydrogens is 638 g/mol. The van der Waals surface area contributed by atoms with Gasteiger partial charge in [-0.2, -0.15) is 0 Å². The quantitative estimate of drug-likeness (QED) is 0.126. The monoisotopic (exact) mass is 678 g/mol. The van der Waals surface area contributed by atoms with E-state index in [-0.39, 0.29) is 0 Å². The largest absolute Gasteiger partial charge is 0.116 e. The summed E-state index contributed by atoms with van der Waals surface area (Å²) in [6.45, 7) is 0. The Morgan fingerprint density at radius 3 is 0.640 bits per heavy atom. The highest BCUT2D eigenvalue weighted by Crippen LogP contribution is 2.61. The number of benzene rings is 8. The Labute approximate surface area is 297 Å². The average Bonchev–Trinajstić information content (AvgIpc) is 3.21. The summed E-state index contributed by atoms with van der Waals surface area (Å²) in [7, 11) is -4.14. The van der Waals surface area contributed by atoms with Crippen LogP contribution < -0.4 is 31.8 Å². The summed E-state index contributed by atoms with van der Waals surface area (Å²) in [5, 5.41) is 11.2. The molecule has 2 heteroatoms. The fourth-order valence-electron chi connectivity index (χ4n) is 7.75. The van der Waals surface area contributed by atoms with Crippen LogP contribution in [0.15, 0.2) is 218 Å². The third kappa shape index (κ3) is 5.90. The van der Waals surface area contributed by atoms with Gasteiger partial charge in [0, 0.05) is 0 Å². The molecule has 0 saturated heterocycles. The lowest BCUT2D eigenvalue weighted by Crippen LogP contribution is -2.33. The fraction of sp³-hybridized carbons (Fsp3) is 0.0417. The zero-order chi connectivity index (χ0) is 33.6. The molecular formula is C48H40P2+2. The van der Waals surface area contributed by atoms with Crippen molar-refractivity contribution in [3.05, 3.63) is 230 Å². The van der Waals surface area contributed by atoms with Gasteiger partial charge in [-0.15, -0.1) is 0 Å². The summed E-state index contributed by atoms with van der Waals surface area (Å²) in [5.41, 5.74) is 2.80. The molecule has 240 valence electrons. The van der Waals surface area contributed by atoms with Gasteiger partial charge in [-0.25, -0.2) is 0 Å². The highest BCUT2D eigenvalue weighted by molar-refractivity contribution is 7.95. The lowest BCUT2D eigenvalue weighted by atomic mass is 10.0. The minimum atomic E-state index is -2.07. The van der Waals surface area contributed by atoms with Crippen LogP contribution >= 0.6 is 14.5 Å². The van der Waals surface area contributed by atoms with Gasteiger partial charge in [0.2, 0.25) is 0 Å². The molecule has 0 N–H and O–H groups in total. The van der Waals surface area contributed by atoms with E-state index in [0.29, 0.717) is 0 Å². The second-order valence-electron chi connectivity index (χ2n) is 12.9. The normalized spacial score (nSPS) is 11.8. The van der Waals surface area contributed by atoms with Crippen molar-refractivity contribution in [3.63, 3.8) is 0 Å². The van der Waals surface area contributed by atoms with Crippen LogP contribution in [0.2, 0.25) is 0 Å². The molecule has 8 aromatic carbocycles. The van der Waals surface area contributed by atoms with E-state index in [0.717, 1.165) is 12.3 Å². The maximum absolute atomic E-state index is 2.46. The van der Waals surface area contributed by atoms with Crippen molar-refractivity contribution in [1.29, 1.82) is 0 Å². The summed E-state index contributed by atoms with van der Waals surface area (Å²) in [6.07, 6.45) is 1.89. The third-order valence-electron chi connectivity index (χ3n) is 10.1. The van der Waals surface area contributed by atoms with Crippen molar-refractivity contribution in [3.8, 4) is 0 Å². The molecule has 0 aliphatic rings. The predicted octanol–water partition coefficient (Wildman–Crippen LogP) is 9.83. The maximum atomic E-state index is 2.46. The molecule has 0 spiro atoms. The van der Waals surface area contributed by atoms with Crippen LogP contribution in [0.3, 0.4) is 0 Å². The van der Waals surface area contributed by atoms with Crippen LogP contribution in [0.25, 0.3) is 10.8 Å². The molecule has 8 aromatic rings. The molecule has 0 fully saturated rings. The highest BCUT2D eigenvalue weighted by Gasteiger charge is 2.47. The standard InChI is InChI=1S/C48H40P2/c1-7-21-41(22-8-1)49(42-23-9-2-10-24-42,43-25-11-3-12-26-43)37-39-35-36-40(48-34-20-19-33-47(39)48)38-50(44-27-13-4-14-28-44,45-29-15-5-16-30-45)46-31-17-6-18-32-46/h1-36H,37-38H2/q+2. The Bertz CT molecular complexity index is 1930. The third-order valence-corrected chi connectivity index (χ3v) is 18.8. The zero-order valence-corrected chi connectivity index (χ0v) is 29.9. The van der Waals surface area contributed by atoms with Gasteiger partial charge < -0.3 is 0 Å². The van der Waals surface area contributed by atoms with Gasteiger partial charge in [0.15, 0.2) is 0 Å². The van der Waals surface area contributed by atoms with Crippen LogP contribution in [-0.2, 0) is 12.3 Å². The Hall–Kier alpha value is -5.12. The van der Waals surface area contributed by atoms with E-state index in [1.807, 2.05) is 0 Å². The van der Waals surface area contributed by atoms with Crippen LogP contribution in [0.1, 0.15) is 11.1 Å². The smallest absolute Gasteiger partial charge is 0.0620 e. The van der Waals surface area contributed by atoms with E-state index in [9.17, 15) is 0 Å². The van der Waals surface area contributed by atoms with Gasteiger partial charge in [0.05, 0.1) is 12.3 Å². The molecule has 0 aromatic heterocycles. The van der Waals surface area contributed by atoms with Crippen LogP contribution in [0.5, 0.6) is 0 Å². The summed E-state index contributed by atoms with van der Waals surface area (Å²) in [4.78, 5) is 0. The average molecular weight is 679 g/mol. The Balaban J connectivity index is 1.34. The second-order valence-corrected chi connectivity index (χ2v) is 19.8. The summed E-state index contributed by atoms with van der Waals surface area (Å²) in [6, 6.07) is 81.6. The van der Waals surface area contributed by atoms with Crippen molar-refractivity contribution in [2.45, 2.75) is 12.3 Å². The summed E-state index contributed by atoms with van der Waals surface area (Å²) >= 11 is 0. The number of hydrogen-bond acceptors (Lipinski definition) is 0. The Morgan fingerprint density at radius 2 is 0.420 bits per heavy atom. The van der Waals surface area contributed by atoms with Crippen molar-refractivity contribution in [2.24, 2.45) is 0 Å². The molecule has 0 heterocycles. The number of fused-ring (bicyclic) bond motifs is 1. The predicted molar refractivity (Wildman–Crippen MR) is 222 cm³/mol. The molecule has 0 radical (unpaired) electrons. The van der Waals surface area contributed by atoms with Gasteiger partial charge in [-0.05, 0) is 94.7 Å². The van der Waals surface area contributed by atoms with Crippen molar-refractivity contribution in [1.82, 2.24) is 0 Å². The second kappa shape index (κ2) is 14.4. The highest BCUT2D eigenvalue weighted by atomic mass is 31.2. The van der Waals surface area contributed by atoms with Gasteiger partial charge in [0.1, 0.15) is 46.4 Å². The van der Waals surface area contributed by atoms with Gasteiger partial charge in [-0.1, -0.05) is 146 Å². The topological polar surface area (TPSA) is 0 Å². The summed E-state index contributed by atoms with van der Waals surface area (Å²) < 4.78 is 0. The van der Waals surface area contributed by atoms with Crippen LogP contribution in [0, 0.1) is 0 Å². The number of hydrogen-bond donors (Lipinski definition) is 0. The first kappa shape index (κ1) is 32.1. The molecule has 0 nitrogen and oxygen atoms in total. The van der Waals surface area contributed by atoms with Crippen molar-refractivity contribution in [2.75, 3.05) is 0 Å². The van der Waals surface area contributed by atoms with E-state index in [2.05, 4.69) is 218 Å². The molecule has 50 heavy (non-hydrogen) atoms. The van der Waals surface area contributed by atoms with Crippen LogP contribution in [0.4, 0.5) is 0 Å². The van der Waals surface area contributed by atoms with Crippen LogP contribution in [-0.4, -0.2) is 0 Å². The zero-order valence-electron chi connectivity index (χ0n) is 28.1. The van der Waals surface area contributed by atoms with Crippen molar-refractivity contribution >= 4 is 57.1 Å². The first-order valence-electron chi connectivity index (χ1n) is 17.4. The minimum Gasteiger partial charge on any atom is -0.0620 e. The van der Waals surface area contributed by atoms with E-state index >= 15 is 0 Å². The Kier molecular flexibility index (Phi) is 9.24. The maximum Gasteiger partial charge on any atom is 0.116 e. The minimum absolute atomic E-state index is 0.947. The lowest BCUT2D eigenvalue weighted by Gasteiger charge is -2.29. The van der Waals surface area contributed by atoms with E-state index in [1.165, 1.54) is 53.7 Å². The molecule has 0 amide bonds. The molecule has 0 aliphatic carbocycles. The molecule has 0 bridgehead atoms. The molecule has 8 rings (SSSR count). The first-order valence-corrected chi connectivity index (χ1v) is 21.3.